The van der Waals surface area contributed by atoms with Crippen LogP contribution in [0.1, 0.15) is 27.7 Å². The Bertz CT molecular complexity index is 724. The van der Waals surface area contributed by atoms with Crippen molar-refractivity contribution in [1.82, 2.24) is 14.8 Å². The van der Waals surface area contributed by atoms with Crippen molar-refractivity contribution in [1.29, 1.82) is 0 Å². The fourth-order valence-corrected chi connectivity index (χ4v) is 3.77. The maximum atomic E-state index is 12.2. The predicted octanol–water partition coefficient (Wildman–Crippen LogP) is 2.49. The lowest BCUT2D eigenvalue weighted by Gasteiger charge is -2.06. The summed E-state index contributed by atoms with van der Waals surface area (Å²) >= 11 is 2.67. The van der Waals surface area contributed by atoms with Crippen LogP contribution in [0, 0.1) is 13.8 Å². The van der Waals surface area contributed by atoms with Gasteiger partial charge in [0, 0.05) is 11.4 Å². The van der Waals surface area contributed by atoms with Crippen LogP contribution in [-0.4, -0.2) is 39.5 Å². The molecule has 9 heteroatoms. The molecule has 0 radical (unpaired) electrons. The van der Waals surface area contributed by atoms with Gasteiger partial charge in [0.25, 0.3) is 0 Å². The second-order valence-corrected chi connectivity index (χ2v) is 6.88. The Hall–Kier alpha value is -1.87. The largest absolute Gasteiger partial charge is 0.465 e. The molecule has 124 valence electrons. The van der Waals surface area contributed by atoms with E-state index < -0.39 is 5.97 Å². The van der Waals surface area contributed by atoms with Gasteiger partial charge in [0.15, 0.2) is 5.16 Å². The Morgan fingerprint density at radius 3 is 2.83 bits per heavy atom. The van der Waals surface area contributed by atoms with Gasteiger partial charge in [0.05, 0.1) is 18.4 Å². The van der Waals surface area contributed by atoms with E-state index in [0.29, 0.717) is 15.7 Å². The number of aromatic nitrogens is 3. The molecule has 0 saturated carbocycles. The van der Waals surface area contributed by atoms with Gasteiger partial charge in [-0.15, -0.1) is 21.5 Å². The van der Waals surface area contributed by atoms with Gasteiger partial charge >= 0.3 is 5.97 Å². The molecule has 0 aliphatic carbocycles. The van der Waals surface area contributed by atoms with Gasteiger partial charge in [0.2, 0.25) is 5.91 Å². The van der Waals surface area contributed by atoms with Gasteiger partial charge in [-0.25, -0.2) is 4.79 Å². The number of ether oxygens (including phenoxy) is 1. The molecule has 2 rings (SSSR count). The number of anilines is 1. The van der Waals surface area contributed by atoms with Crippen LogP contribution in [0.25, 0.3) is 0 Å². The third-order valence-electron chi connectivity index (χ3n) is 3.28. The third-order valence-corrected chi connectivity index (χ3v) is 5.38. The zero-order valence-electron chi connectivity index (χ0n) is 13.4. The number of esters is 1. The fraction of sp³-hybridized carbons (Fsp3) is 0.429. The summed E-state index contributed by atoms with van der Waals surface area (Å²) in [6.45, 7) is 6.47. The van der Waals surface area contributed by atoms with E-state index in [1.165, 1.54) is 30.2 Å². The predicted molar refractivity (Wildman–Crippen MR) is 90.2 cm³/mol. The molecule has 2 heterocycles. The summed E-state index contributed by atoms with van der Waals surface area (Å²) in [4.78, 5) is 25.0. The van der Waals surface area contributed by atoms with Crippen molar-refractivity contribution in [3.63, 3.8) is 0 Å². The first-order valence-electron chi connectivity index (χ1n) is 6.96. The smallest absolute Gasteiger partial charge is 0.341 e. The van der Waals surface area contributed by atoms with Crippen LogP contribution in [-0.2, 0) is 16.1 Å². The van der Waals surface area contributed by atoms with Crippen LogP contribution in [0.2, 0.25) is 0 Å². The summed E-state index contributed by atoms with van der Waals surface area (Å²) in [6.07, 6.45) is 1.63. The maximum Gasteiger partial charge on any atom is 0.341 e. The number of nitrogens with zero attached hydrogens (tertiary/aromatic N) is 3. The molecular weight excluding hydrogens is 336 g/mol. The summed E-state index contributed by atoms with van der Waals surface area (Å²) < 4.78 is 6.65. The Balaban J connectivity index is 2.06. The number of nitrogens with one attached hydrogen (secondary N) is 1. The standard InChI is InChI=1S/C14H18N4O3S2/c1-5-18-7-15-17-14(18)22-6-10(19)16-12-11(13(20)21-4)8(2)9(3)23-12/h7H,5-6H2,1-4H3,(H,16,19). The van der Waals surface area contributed by atoms with Crippen molar-refractivity contribution in [3.8, 4) is 0 Å². The third kappa shape index (κ3) is 3.91. The van der Waals surface area contributed by atoms with Crippen molar-refractivity contribution in [2.45, 2.75) is 32.5 Å². The number of rotatable bonds is 6. The first-order valence-corrected chi connectivity index (χ1v) is 8.76. The van der Waals surface area contributed by atoms with Gasteiger partial charge < -0.3 is 14.6 Å². The van der Waals surface area contributed by atoms with Crippen LogP contribution in [0.15, 0.2) is 11.5 Å². The van der Waals surface area contributed by atoms with Gasteiger partial charge in [-0.2, -0.15) is 0 Å². The van der Waals surface area contributed by atoms with E-state index in [9.17, 15) is 9.59 Å². The molecule has 0 saturated heterocycles. The summed E-state index contributed by atoms with van der Waals surface area (Å²) in [5, 5.41) is 11.8. The van der Waals surface area contributed by atoms with E-state index in [1.54, 1.807) is 6.33 Å². The minimum atomic E-state index is -0.444. The second kappa shape index (κ2) is 7.60. The summed E-state index contributed by atoms with van der Waals surface area (Å²) in [6, 6.07) is 0. The van der Waals surface area contributed by atoms with Gasteiger partial charge in [-0.3, -0.25) is 4.79 Å². The zero-order chi connectivity index (χ0) is 17.0. The van der Waals surface area contributed by atoms with Crippen LogP contribution < -0.4 is 5.32 Å². The Morgan fingerprint density at radius 2 is 2.17 bits per heavy atom. The lowest BCUT2D eigenvalue weighted by Crippen LogP contribution is -2.16. The number of thioether (sulfide) groups is 1. The Kier molecular flexibility index (Phi) is 5.78. The highest BCUT2D eigenvalue weighted by Gasteiger charge is 2.21. The van der Waals surface area contributed by atoms with Gasteiger partial charge in [-0.05, 0) is 26.3 Å². The average Bonchev–Trinajstić information content (AvgIpc) is 3.09. The molecule has 7 nitrogen and oxygen atoms in total. The van der Waals surface area contributed by atoms with Crippen molar-refractivity contribution >= 4 is 40.0 Å². The van der Waals surface area contributed by atoms with E-state index in [2.05, 4.69) is 15.5 Å². The Labute approximate surface area is 142 Å². The highest BCUT2D eigenvalue weighted by Crippen LogP contribution is 2.33. The number of thiophene rings is 1. The molecule has 1 N–H and O–H groups in total. The molecule has 0 spiro atoms. The van der Waals surface area contributed by atoms with Crippen molar-refractivity contribution in [3.05, 3.63) is 22.3 Å². The number of methoxy groups -OCH3 is 1. The highest BCUT2D eigenvalue weighted by atomic mass is 32.2. The lowest BCUT2D eigenvalue weighted by molar-refractivity contribution is -0.113. The molecular formula is C14H18N4O3S2. The summed E-state index contributed by atoms with van der Waals surface area (Å²) in [5.41, 5.74) is 1.25. The molecule has 2 aromatic heterocycles. The molecule has 0 aliphatic rings. The molecule has 0 aliphatic heterocycles. The first kappa shape index (κ1) is 17.5. The topological polar surface area (TPSA) is 86.1 Å². The highest BCUT2D eigenvalue weighted by molar-refractivity contribution is 7.99. The molecule has 0 fully saturated rings. The number of hydrogen-bond acceptors (Lipinski definition) is 7. The van der Waals surface area contributed by atoms with Crippen LogP contribution in [0.4, 0.5) is 5.00 Å². The van der Waals surface area contributed by atoms with Crippen LogP contribution >= 0.6 is 23.1 Å². The minimum absolute atomic E-state index is 0.190. The normalized spacial score (nSPS) is 10.6. The quantitative estimate of drug-likeness (QED) is 0.633. The molecule has 0 bridgehead atoms. The fourth-order valence-electron chi connectivity index (χ4n) is 1.93. The number of aryl methyl sites for hydroxylation is 2. The van der Waals surface area contributed by atoms with Crippen molar-refractivity contribution in [2.75, 3.05) is 18.2 Å². The van der Waals surface area contributed by atoms with Crippen molar-refractivity contribution in [2.24, 2.45) is 0 Å². The number of amides is 1. The van der Waals surface area contributed by atoms with E-state index >= 15 is 0 Å². The minimum Gasteiger partial charge on any atom is -0.465 e. The molecule has 1 amide bonds. The maximum absolute atomic E-state index is 12.2. The van der Waals surface area contributed by atoms with Crippen molar-refractivity contribution < 1.29 is 14.3 Å². The zero-order valence-corrected chi connectivity index (χ0v) is 15.0. The summed E-state index contributed by atoms with van der Waals surface area (Å²) in [5.74, 6) is -0.456. The SMILES string of the molecule is CCn1cnnc1SCC(=O)Nc1sc(C)c(C)c1C(=O)OC. The average molecular weight is 354 g/mol. The van der Waals surface area contributed by atoms with E-state index in [1.807, 2.05) is 25.3 Å². The van der Waals surface area contributed by atoms with Gasteiger partial charge in [-0.1, -0.05) is 11.8 Å². The summed E-state index contributed by atoms with van der Waals surface area (Å²) in [7, 11) is 1.33. The van der Waals surface area contributed by atoms with E-state index in [4.69, 9.17) is 4.74 Å². The number of hydrogen-bond donors (Lipinski definition) is 1. The molecule has 23 heavy (non-hydrogen) atoms. The monoisotopic (exact) mass is 354 g/mol. The van der Waals surface area contributed by atoms with Crippen LogP contribution in [0.3, 0.4) is 0 Å². The van der Waals surface area contributed by atoms with E-state index in [-0.39, 0.29) is 11.7 Å². The number of carbonyl (C=O) groups is 2. The van der Waals surface area contributed by atoms with Crippen LogP contribution in [0.5, 0.6) is 0 Å². The Morgan fingerprint density at radius 1 is 1.43 bits per heavy atom. The number of carbonyl (C=O) groups excluding carboxylic acids is 2. The first-order chi connectivity index (χ1) is 11.0. The van der Waals surface area contributed by atoms with E-state index in [0.717, 1.165) is 17.0 Å². The lowest BCUT2D eigenvalue weighted by atomic mass is 10.1. The molecule has 2 aromatic rings. The second-order valence-electron chi connectivity index (χ2n) is 4.72. The van der Waals surface area contributed by atoms with Gasteiger partial charge in [0.1, 0.15) is 11.3 Å². The molecule has 0 unspecified atom stereocenters. The molecule has 0 aromatic carbocycles. The molecule has 0 atom stereocenters.